The first kappa shape index (κ1) is 10.4. The highest BCUT2D eigenvalue weighted by molar-refractivity contribution is 4.83. The van der Waals surface area contributed by atoms with E-state index in [9.17, 15) is 5.11 Å². The summed E-state index contributed by atoms with van der Waals surface area (Å²) in [5.41, 5.74) is 0. The lowest BCUT2D eigenvalue weighted by Crippen LogP contribution is -2.36. The van der Waals surface area contributed by atoms with Gasteiger partial charge in [0.05, 0.1) is 6.10 Å². The van der Waals surface area contributed by atoms with E-state index in [1.54, 1.807) is 0 Å². The van der Waals surface area contributed by atoms with Crippen molar-refractivity contribution in [2.24, 2.45) is 0 Å². The maximum atomic E-state index is 9.44. The summed E-state index contributed by atoms with van der Waals surface area (Å²) in [6.07, 6.45) is 11.5. The molecule has 2 rings (SSSR count). The minimum Gasteiger partial charge on any atom is -0.393 e. The third-order valence-electron chi connectivity index (χ3n) is 3.73. The molecule has 2 atom stereocenters. The first-order valence-corrected chi connectivity index (χ1v) is 6.29. The van der Waals surface area contributed by atoms with Crippen LogP contribution in [0.2, 0.25) is 0 Å². The minimum absolute atomic E-state index is 0.0294. The molecule has 0 spiro atoms. The summed E-state index contributed by atoms with van der Waals surface area (Å²) < 4.78 is 0. The Morgan fingerprint density at radius 3 is 2.07 bits per heavy atom. The molecule has 2 saturated carbocycles. The summed E-state index contributed by atoms with van der Waals surface area (Å²) in [5, 5.41) is 13.2. The molecular weight excluding hydrogens is 174 g/mol. The van der Waals surface area contributed by atoms with E-state index in [0.717, 1.165) is 18.9 Å². The third-order valence-corrected chi connectivity index (χ3v) is 3.73. The van der Waals surface area contributed by atoms with Crippen molar-refractivity contribution in [3.63, 3.8) is 0 Å². The zero-order valence-corrected chi connectivity index (χ0v) is 9.04. The molecule has 0 bridgehead atoms. The van der Waals surface area contributed by atoms with Crippen LogP contribution in [-0.4, -0.2) is 23.3 Å². The molecule has 0 radical (unpaired) electrons. The highest BCUT2D eigenvalue weighted by Gasteiger charge is 2.24. The molecule has 2 aliphatic rings. The molecule has 2 fully saturated rings. The lowest BCUT2D eigenvalue weighted by atomic mass is 10.1. The Kier molecular flexibility index (Phi) is 3.82. The zero-order valence-electron chi connectivity index (χ0n) is 9.04. The standard InChI is InChI=1S/C12H23NO/c14-12-8-7-11(9-12)13-10-5-3-1-2-4-6-10/h10-14H,1-9H2/t11-,12+/m0/s1. The summed E-state index contributed by atoms with van der Waals surface area (Å²) >= 11 is 0. The summed E-state index contributed by atoms with van der Waals surface area (Å²) in [7, 11) is 0. The van der Waals surface area contributed by atoms with Gasteiger partial charge in [-0.1, -0.05) is 25.7 Å². The topological polar surface area (TPSA) is 32.3 Å². The van der Waals surface area contributed by atoms with Gasteiger partial charge in [0.2, 0.25) is 0 Å². The van der Waals surface area contributed by atoms with Crippen molar-refractivity contribution in [2.75, 3.05) is 0 Å². The third kappa shape index (κ3) is 2.96. The van der Waals surface area contributed by atoms with Crippen molar-refractivity contribution in [3.05, 3.63) is 0 Å². The summed E-state index contributed by atoms with van der Waals surface area (Å²) in [4.78, 5) is 0. The molecule has 0 amide bonds. The van der Waals surface area contributed by atoms with E-state index in [4.69, 9.17) is 0 Å². The Hall–Kier alpha value is -0.0800. The Balaban J connectivity index is 1.72. The quantitative estimate of drug-likeness (QED) is 0.665. The molecule has 0 heterocycles. The van der Waals surface area contributed by atoms with Crippen LogP contribution >= 0.6 is 0 Å². The number of hydrogen-bond acceptors (Lipinski definition) is 2. The van der Waals surface area contributed by atoms with Crippen molar-refractivity contribution < 1.29 is 5.11 Å². The van der Waals surface area contributed by atoms with Gasteiger partial charge in [0, 0.05) is 12.1 Å². The van der Waals surface area contributed by atoms with Crippen molar-refractivity contribution in [3.8, 4) is 0 Å². The second-order valence-corrected chi connectivity index (χ2v) is 5.02. The zero-order chi connectivity index (χ0) is 9.80. The van der Waals surface area contributed by atoms with E-state index in [1.165, 1.54) is 44.9 Å². The Labute approximate surface area is 87.1 Å². The van der Waals surface area contributed by atoms with Crippen LogP contribution in [0.3, 0.4) is 0 Å². The van der Waals surface area contributed by atoms with Gasteiger partial charge in [-0.25, -0.2) is 0 Å². The maximum absolute atomic E-state index is 9.44. The van der Waals surface area contributed by atoms with Gasteiger partial charge in [-0.05, 0) is 32.1 Å². The average Bonchev–Trinajstić information content (AvgIpc) is 2.43. The van der Waals surface area contributed by atoms with Gasteiger partial charge >= 0.3 is 0 Å². The Bertz CT molecular complexity index is 164. The highest BCUT2D eigenvalue weighted by atomic mass is 16.3. The molecule has 0 aromatic heterocycles. The molecule has 82 valence electrons. The van der Waals surface area contributed by atoms with Crippen molar-refractivity contribution in [1.29, 1.82) is 0 Å². The van der Waals surface area contributed by atoms with Gasteiger partial charge in [0.15, 0.2) is 0 Å². The van der Waals surface area contributed by atoms with Crippen LogP contribution in [0.5, 0.6) is 0 Å². The van der Waals surface area contributed by atoms with E-state index >= 15 is 0 Å². The molecule has 2 aliphatic carbocycles. The van der Waals surface area contributed by atoms with E-state index in [1.807, 2.05) is 0 Å². The highest BCUT2D eigenvalue weighted by Crippen LogP contribution is 2.23. The molecular formula is C12H23NO. The van der Waals surface area contributed by atoms with Crippen LogP contribution in [0, 0.1) is 0 Å². The van der Waals surface area contributed by atoms with Gasteiger partial charge in [-0.2, -0.15) is 0 Å². The predicted molar refractivity (Wildman–Crippen MR) is 58.3 cm³/mol. The van der Waals surface area contributed by atoms with Crippen molar-refractivity contribution in [2.45, 2.75) is 76.0 Å². The monoisotopic (exact) mass is 197 g/mol. The summed E-state index contributed by atoms with van der Waals surface area (Å²) in [5.74, 6) is 0. The molecule has 14 heavy (non-hydrogen) atoms. The number of rotatable bonds is 2. The van der Waals surface area contributed by atoms with E-state index in [0.29, 0.717) is 6.04 Å². The molecule has 0 aromatic carbocycles. The van der Waals surface area contributed by atoms with Crippen molar-refractivity contribution >= 4 is 0 Å². The second kappa shape index (κ2) is 5.13. The number of aliphatic hydroxyl groups excluding tert-OH is 1. The number of nitrogens with one attached hydrogen (secondary N) is 1. The second-order valence-electron chi connectivity index (χ2n) is 5.02. The fourth-order valence-corrected chi connectivity index (χ4v) is 2.89. The van der Waals surface area contributed by atoms with Crippen LogP contribution in [0.25, 0.3) is 0 Å². The first-order chi connectivity index (χ1) is 6.84. The smallest absolute Gasteiger partial charge is 0.0555 e. The SMILES string of the molecule is O[C@@H]1CC[C@H](NC2CCCCCC2)C1. The van der Waals surface area contributed by atoms with E-state index < -0.39 is 0 Å². The van der Waals surface area contributed by atoms with Crippen LogP contribution in [-0.2, 0) is 0 Å². The van der Waals surface area contributed by atoms with Gasteiger partial charge < -0.3 is 10.4 Å². The van der Waals surface area contributed by atoms with Gasteiger partial charge in [-0.15, -0.1) is 0 Å². The normalized spacial score (nSPS) is 35.8. The summed E-state index contributed by atoms with van der Waals surface area (Å²) in [6.45, 7) is 0. The van der Waals surface area contributed by atoms with E-state index in [-0.39, 0.29) is 6.10 Å². The fraction of sp³-hybridized carbons (Fsp3) is 1.00. The largest absolute Gasteiger partial charge is 0.393 e. The van der Waals surface area contributed by atoms with Crippen molar-refractivity contribution in [1.82, 2.24) is 5.32 Å². The van der Waals surface area contributed by atoms with E-state index in [2.05, 4.69) is 5.32 Å². The Morgan fingerprint density at radius 1 is 0.786 bits per heavy atom. The molecule has 0 saturated heterocycles. The maximum Gasteiger partial charge on any atom is 0.0555 e. The molecule has 0 aliphatic heterocycles. The molecule has 2 nitrogen and oxygen atoms in total. The summed E-state index contributed by atoms with van der Waals surface area (Å²) in [6, 6.07) is 1.35. The van der Waals surface area contributed by atoms with Gasteiger partial charge in [0.1, 0.15) is 0 Å². The lowest BCUT2D eigenvalue weighted by Gasteiger charge is -2.21. The molecule has 0 aromatic rings. The fourth-order valence-electron chi connectivity index (χ4n) is 2.89. The van der Waals surface area contributed by atoms with Gasteiger partial charge in [-0.3, -0.25) is 0 Å². The Morgan fingerprint density at radius 2 is 1.50 bits per heavy atom. The molecule has 2 heteroatoms. The average molecular weight is 197 g/mol. The number of hydrogen-bond donors (Lipinski definition) is 2. The predicted octanol–water partition coefficient (Wildman–Crippen LogP) is 2.21. The van der Waals surface area contributed by atoms with Crippen LogP contribution in [0.4, 0.5) is 0 Å². The molecule has 2 N–H and O–H groups in total. The first-order valence-electron chi connectivity index (χ1n) is 6.29. The molecule has 0 unspecified atom stereocenters. The van der Waals surface area contributed by atoms with Gasteiger partial charge in [0.25, 0.3) is 0 Å². The number of aliphatic hydroxyl groups is 1. The minimum atomic E-state index is -0.0294. The van der Waals surface area contributed by atoms with Crippen LogP contribution in [0.15, 0.2) is 0 Å². The van der Waals surface area contributed by atoms with Crippen LogP contribution < -0.4 is 5.32 Å². The lowest BCUT2D eigenvalue weighted by molar-refractivity contribution is 0.178. The van der Waals surface area contributed by atoms with Crippen LogP contribution in [0.1, 0.15) is 57.8 Å².